The van der Waals surface area contributed by atoms with Gasteiger partial charge >= 0.3 is 0 Å². The molecular formula is C10H10N2O. The van der Waals surface area contributed by atoms with Gasteiger partial charge in [-0.1, -0.05) is 36.4 Å². The average Bonchev–Trinajstić information content (AvgIpc) is 2.22. The highest BCUT2D eigenvalue weighted by Gasteiger charge is 1.95. The van der Waals surface area contributed by atoms with Crippen LogP contribution in [0.2, 0.25) is 0 Å². The SMILES string of the molecule is N#CCC(O)C#N.c1ccccc1. The molecule has 0 aliphatic rings. The first-order valence-corrected chi connectivity index (χ1v) is 3.76. The van der Waals surface area contributed by atoms with Crippen LogP contribution in [0.1, 0.15) is 6.42 Å². The maximum atomic E-state index is 8.27. The van der Waals surface area contributed by atoms with E-state index < -0.39 is 6.10 Å². The molecule has 3 heteroatoms. The van der Waals surface area contributed by atoms with Crippen molar-refractivity contribution in [2.45, 2.75) is 12.5 Å². The molecule has 0 aliphatic heterocycles. The maximum Gasteiger partial charge on any atom is 0.153 e. The lowest BCUT2D eigenvalue weighted by molar-refractivity contribution is 0.236. The summed E-state index contributed by atoms with van der Waals surface area (Å²) in [6.07, 6.45) is -1.21. The molecule has 0 spiro atoms. The van der Waals surface area contributed by atoms with Gasteiger partial charge in [0.1, 0.15) is 0 Å². The maximum absolute atomic E-state index is 8.27. The molecule has 0 radical (unpaired) electrons. The van der Waals surface area contributed by atoms with Gasteiger partial charge in [-0.25, -0.2) is 0 Å². The van der Waals surface area contributed by atoms with Gasteiger partial charge in [0, 0.05) is 0 Å². The molecule has 13 heavy (non-hydrogen) atoms. The van der Waals surface area contributed by atoms with E-state index in [0.717, 1.165) is 0 Å². The fraction of sp³-hybridized carbons (Fsp3) is 0.200. The average molecular weight is 174 g/mol. The summed E-state index contributed by atoms with van der Waals surface area (Å²) < 4.78 is 0. The highest BCUT2D eigenvalue weighted by atomic mass is 16.3. The Hall–Kier alpha value is -1.84. The van der Waals surface area contributed by atoms with Crippen molar-refractivity contribution in [3.05, 3.63) is 36.4 Å². The zero-order valence-electron chi connectivity index (χ0n) is 7.09. The number of hydrogen-bond donors (Lipinski definition) is 1. The lowest BCUT2D eigenvalue weighted by atomic mass is 10.3. The zero-order valence-corrected chi connectivity index (χ0v) is 7.09. The molecule has 0 heterocycles. The molecule has 1 rings (SSSR count). The van der Waals surface area contributed by atoms with E-state index in [2.05, 4.69) is 0 Å². The monoisotopic (exact) mass is 174 g/mol. The number of benzene rings is 1. The Kier molecular flexibility index (Phi) is 7.09. The van der Waals surface area contributed by atoms with E-state index in [1.807, 2.05) is 36.4 Å². The van der Waals surface area contributed by atoms with Crippen LogP contribution in [0.4, 0.5) is 0 Å². The molecule has 66 valence electrons. The molecule has 0 aliphatic carbocycles. The van der Waals surface area contributed by atoms with Crippen molar-refractivity contribution in [3.8, 4) is 12.1 Å². The predicted octanol–water partition coefficient (Wildman–Crippen LogP) is 1.47. The van der Waals surface area contributed by atoms with Crippen molar-refractivity contribution >= 4 is 0 Å². The van der Waals surface area contributed by atoms with Crippen LogP contribution in [0, 0.1) is 22.7 Å². The molecule has 3 nitrogen and oxygen atoms in total. The van der Waals surface area contributed by atoms with Crippen molar-refractivity contribution in [2.75, 3.05) is 0 Å². The summed E-state index contributed by atoms with van der Waals surface area (Å²) in [5.41, 5.74) is 0. The lowest BCUT2D eigenvalue weighted by Crippen LogP contribution is -1.98. The molecule has 1 atom stereocenters. The van der Waals surface area contributed by atoms with E-state index in [-0.39, 0.29) is 6.42 Å². The lowest BCUT2D eigenvalue weighted by Gasteiger charge is -1.85. The van der Waals surface area contributed by atoms with E-state index in [4.69, 9.17) is 15.6 Å². The summed E-state index contributed by atoms with van der Waals surface area (Å²) in [5.74, 6) is 0. The highest BCUT2D eigenvalue weighted by Crippen LogP contribution is 1.82. The molecule has 1 unspecified atom stereocenters. The second-order valence-electron chi connectivity index (χ2n) is 2.16. The summed E-state index contributed by atoms with van der Waals surface area (Å²) >= 11 is 0. The van der Waals surface area contributed by atoms with Gasteiger partial charge in [-0.3, -0.25) is 0 Å². The van der Waals surface area contributed by atoms with Gasteiger partial charge in [-0.2, -0.15) is 10.5 Å². The second-order valence-corrected chi connectivity index (χ2v) is 2.16. The Balaban J connectivity index is 0.000000223. The van der Waals surface area contributed by atoms with Gasteiger partial charge in [-0.05, 0) is 0 Å². The van der Waals surface area contributed by atoms with Crippen LogP contribution in [0.5, 0.6) is 0 Å². The molecule has 1 aromatic rings. The van der Waals surface area contributed by atoms with Gasteiger partial charge < -0.3 is 5.11 Å². The first kappa shape index (κ1) is 11.2. The third kappa shape index (κ3) is 8.06. The van der Waals surface area contributed by atoms with Crippen molar-refractivity contribution in [2.24, 2.45) is 0 Å². The number of rotatable bonds is 1. The first-order chi connectivity index (χ1) is 6.31. The molecular weight excluding hydrogens is 164 g/mol. The second kappa shape index (κ2) is 8.26. The molecule has 0 aromatic heterocycles. The van der Waals surface area contributed by atoms with E-state index >= 15 is 0 Å². The number of nitrogens with zero attached hydrogens (tertiary/aromatic N) is 2. The van der Waals surface area contributed by atoms with Gasteiger partial charge in [0.25, 0.3) is 0 Å². The Labute approximate surface area is 77.5 Å². The van der Waals surface area contributed by atoms with Crippen LogP contribution in [0.25, 0.3) is 0 Å². The molecule has 0 fully saturated rings. The third-order valence-corrected chi connectivity index (χ3v) is 1.10. The largest absolute Gasteiger partial charge is 0.377 e. The molecule has 1 aromatic carbocycles. The first-order valence-electron chi connectivity index (χ1n) is 3.76. The summed E-state index contributed by atoms with van der Waals surface area (Å²) in [7, 11) is 0. The molecule has 1 N–H and O–H groups in total. The highest BCUT2D eigenvalue weighted by molar-refractivity contribution is 4.99. The third-order valence-electron chi connectivity index (χ3n) is 1.10. The topological polar surface area (TPSA) is 67.8 Å². The minimum atomic E-state index is -1.11. The Bertz CT molecular complexity index is 257. The van der Waals surface area contributed by atoms with E-state index in [0.29, 0.717) is 0 Å². The summed E-state index contributed by atoms with van der Waals surface area (Å²) in [4.78, 5) is 0. The van der Waals surface area contributed by atoms with E-state index in [9.17, 15) is 0 Å². The van der Waals surface area contributed by atoms with Crippen LogP contribution < -0.4 is 0 Å². The Morgan fingerprint density at radius 1 is 1.00 bits per heavy atom. The Morgan fingerprint density at radius 2 is 1.38 bits per heavy atom. The predicted molar refractivity (Wildman–Crippen MR) is 48.3 cm³/mol. The zero-order chi connectivity index (χ0) is 9.94. The molecule has 0 saturated carbocycles. The molecule has 0 bridgehead atoms. The van der Waals surface area contributed by atoms with Crippen molar-refractivity contribution in [3.63, 3.8) is 0 Å². The molecule has 0 saturated heterocycles. The Morgan fingerprint density at radius 3 is 1.54 bits per heavy atom. The standard InChI is InChI=1S/C6H6.C4H4N2O/c1-2-4-6-5-3-1;5-2-1-4(7)3-6/h1-6H;4,7H,1H2. The van der Waals surface area contributed by atoms with Crippen LogP contribution in [0.3, 0.4) is 0 Å². The minimum absolute atomic E-state index is 0.101. The molecule has 0 amide bonds. The normalized spacial score (nSPS) is 9.77. The number of nitriles is 2. The van der Waals surface area contributed by atoms with Crippen LogP contribution in [0.15, 0.2) is 36.4 Å². The number of aliphatic hydroxyl groups is 1. The van der Waals surface area contributed by atoms with Crippen molar-refractivity contribution < 1.29 is 5.11 Å². The summed E-state index contributed by atoms with van der Waals surface area (Å²) in [6.45, 7) is 0. The van der Waals surface area contributed by atoms with Crippen LogP contribution in [-0.2, 0) is 0 Å². The summed E-state index contributed by atoms with van der Waals surface area (Å²) in [5, 5.41) is 23.9. The summed E-state index contributed by atoms with van der Waals surface area (Å²) in [6, 6.07) is 15.1. The van der Waals surface area contributed by atoms with E-state index in [1.165, 1.54) is 6.07 Å². The van der Waals surface area contributed by atoms with E-state index in [1.54, 1.807) is 6.07 Å². The van der Waals surface area contributed by atoms with Crippen LogP contribution in [-0.4, -0.2) is 11.2 Å². The quantitative estimate of drug-likeness (QED) is 0.655. The minimum Gasteiger partial charge on any atom is -0.377 e. The fourth-order valence-corrected chi connectivity index (χ4v) is 0.517. The van der Waals surface area contributed by atoms with Crippen molar-refractivity contribution in [1.29, 1.82) is 10.5 Å². The van der Waals surface area contributed by atoms with Crippen LogP contribution >= 0.6 is 0 Å². The fourth-order valence-electron chi connectivity index (χ4n) is 0.517. The number of hydrogen-bond acceptors (Lipinski definition) is 3. The number of aliphatic hydroxyl groups excluding tert-OH is 1. The van der Waals surface area contributed by atoms with Gasteiger partial charge in [-0.15, -0.1) is 0 Å². The van der Waals surface area contributed by atoms with Gasteiger partial charge in [0.2, 0.25) is 0 Å². The van der Waals surface area contributed by atoms with Gasteiger partial charge in [0.15, 0.2) is 6.10 Å². The van der Waals surface area contributed by atoms with Crippen molar-refractivity contribution in [1.82, 2.24) is 0 Å². The van der Waals surface area contributed by atoms with Gasteiger partial charge in [0.05, 0.1) is 18.6 Å². The smallest absolute Gasteiger partial charge is 0.153 e.